The molecule has 0 aliphatic carbocycles. The van der Waals surface area contributed by atoms with Gasteiger partial charge in [0.2, 0.25) is 11.9 Å². The van der Waals surface area contributed by atoms with Crippen LogP contribution in [0, 0.1) is 0 Å². The van der Waals surface area contributed by atoms with E-state index in [1.54, 1.807) is 34.9 Å². The maximum Gasteiger partial charge on any atom is 0.252 e. The number of piperazine rings is 2. The maximum atomic E-state index is 12.8. The number of aldehydes is 1. The summed E-state index contributed by atoms with van der Waals surface area (Å²) in [6, 6.07) is 11.6. The monoisotopic (exact) mass is 620 g/mol. The number of rotatable bonds is 10. The van der Waals surface area contributed by atoms with Crippen LogP contribution < -0.4 is 15.8 Å². The normalized spacial score (nSPS) is 15.3. The van der Waals surface area contributed by atoms with Gasteiger partial charge >= 0.3 is 0 Å². The molecule has 1 amide bonds. The second kappa shape index (κ2) is 18.4. The number of nitrogens with zero attached hydrogens (tertiary/aromatic N) is 7. The summed E-state index contributed by atoms with van der Waals surface area (Å²) in [4.78, 5) is 60.0. The summed E-state index contributed by atoms with van der Waals surface area (Å²) >= 11 is 0. The van der Waals surface area contributed by atoms with Crippen LogP contribution in [0.1, 0.15) is 6.42 Å². The Balaban J connectivity index is 0.000000620. The van der Waals surface area contributed by atoms with E-state index in [1.807, 2.05) is 18.9 Å². The van der Waals surface area contributed by atoms with Gasteiger partial charge in [0.05, 0.1) is 6.61 Å². The highest BCUT2D eigenvalue weighted by molar-refractivity contribution is 5.87. The van der Waals surface area contributed by atoms with E-state index in [-0.39, 0.29) is 11.5 Å². The van der Waals surface area contributed by atoms with Crippen molar-refractivity contribution >= 4 is 47.3 Å². The second-order valence-electron chi connectivity index (χ2n) is 10.6. The van der Waals surface area contributed by atoms with Crippen LogP contribution in [0.25, 0.3) is 11.0 Å². The fourth-order valence-corrected chi connectivity index (χ4v) is 5.03. The molecule has 242 valence electrons. The van der Waals surface area contributed by atoms with Gasteiger partial charge in [-0.1, -0.05) is 6.58 Å². The highest BCUT2D eigenvalue weighted by atomic mass is 16.5. The summed E-state index contributed by atoms with van der Waals surface area (Å²) < 4.78 is 6.26. The number of hydrogen-bond acceptors (Lipinski definition) is 11. The number of likely N-dealkylation sites (N-methyl/N-ethyl adjacent to an activating group) is 1. The van der Waals surface area contributed by atoms with E-state index >= 15 is 0 Å². The number of carbonyl (C=O) groups is 3. The Hall–Kier alpha value is -4.46. The topological polar surface area (TPSA) is 133 Å². The zero-order valence-corrected chi connectivity index (χ0v) is 26.3. The lowest BCUT2D eigenvalue weighted by Crippen LogP contribution is -2.49. The van der Waals surface area contributed by atoms with Crippen molar-refractivity contribution in [2.45, 2.75) is 13.0 Å². The van der Waals surface area contributed by atoms with Gasteiger partial charge in [-0.2, -0.15) is 4.98 Å². The molecule has 0 atom stereocenters. The molecule has 2 saturated heterocycles. The molecule has 1 aromatic carbocycles. The van der Waals surface area contributed by atoms with Crippen LogP contribution in [0.5, 0.6) is 0 Å². The van der Waals surface area contributed by atoms with E-state index in [1.165, 1.54) is 11.8 Å². The Bertz CT molecular complexity index is 1430. The van der Waals surface area contributed by atoms with E-state index in [9.17, 15) is 14.4 Å². The number of amides is 1. The number of hydrogen-bond donors (Lipinski definition) is 1. The van der Waals surface area contributed by atoms with Crippen LogP contribution in [0.4, 0.5) is 17.3 Å². The van der Waals surface area contributed by atoms with Gasteiger partial charge < -0.3 is 34.3 Å². The summed E-state index contributed by atoms with van der Waals surface area (Å²) in [6.07, 6.45) is 4.46. The van der Waals surface area contributed by atoms with E-state index in [4.69, 9.17) is 9.78 Å². The number of pyridine rings is 1. The van der Waals surface area contributed by atoms with E-state index in [2.05, 4.69) is 55.5 Å². The number of nitrogens with one attached hydrogen (secondary N) is 1. The first-order chi connectivity index (χ1) is 21.9. The third-order valence-electron chi connectivity index (χ3n) is 7.65. The number of aromatic nitrogens is 3. The van der Waals surface area contributed by atoms with Gasteiger partial charge in [-0.15, -0.1) is 0 Å². The molecule has 1 N–H and O–H groups in total. The highest BCUT2D eigenvalue weighted by Gasteiger charge is 2.19. The molecule has 2 fully saturated rings. The standard InChI is InChI=1S/C27H34N8O2.C4H8O2.CH2O/c1-3-24(36)34-17-12-32(13-18-34)14-19-35-25(37)9-4-21-20-28-27(30-26(21)35)29-22-5-7-23(8-6-22)33-15-10-31(2)11-16-33;1-6-4-2-3-5;1-2/h3-9,20H,1,10-19H2,2H3,(H,28,29,30);3H,2,4H2,1H3;1H2. The minimum Gasteiger partial charge on any atom is -0.384 e. The lowest BCUT2D eigenvalue weighted by atomic mass is 10.2. The van der Waals surface area contributed by atoms with Crippen molar-refractivity contribution < 1.29 is 19.1 Å². The summed E-state index contributed by atoms with van der Waals surface area (Å²) in [5, 5.41) is 4.10. The molecule has 13 heteroatoms. The molecule has 4 heterocycles. The second-order valence-corrected chi connectivity index (χ2v) is 10.6. The highest BCUT2D eigenvalue weighted by Crippen LogP contribution is 2.21. The SMILES string of the molecule is C=CC(=O)N1CCN(CCn2c(=O)ccc3cnc(Nc4ccc(N5CCN(C)CC5)cc4)nc32)CC1.C=O.COCCC=O. The molecule has 0 unspecified atom stereocenters. The summed E-state index contributed by atoms with van der Waals surface area (Å²) in [5.41, 5.74) is 2.63. The Kier molecular flexibility index (Phi) is 14.3. The number of ether oxygens (including phenoxy) is 1. The van der Waals surface area contributed by atoms with Crippen LogP contribution in [-0.2, 0) is 25.7 Å². The molecular formula is C32H44N8O5. The molecule has 0 spiro atoms. The molecule has 45 heavy (non-hydrogen) atoms. The van der Waals surface area contributed by atoms with Crippen molar-refractivity contribution in [1.82, 2.24) is 29.2 Å². The zero-order chi connectivity index (χ0) is 32.6. The van der Waals surface area contributed by atoms with Crippen molar-refractivity contribution in [3.05, 3.63) is 65.6 Å². The summed E-state index contributed by atoms with van der Waals surface area (Å²) in [6.45, 7) is 14.4. The molecule has 2 aliphatic rings. The number of benzene rings is 1. The molecule has 2 aliphatic heterocycles. The molecule has 0 bridgehead atoms. The molecule has 2 aromatic heterocycles. The minimum atomic E-state index is -0.0887. The largest absolute Gasteiger partial charge is 0.384 e. The molecular weight excluding hydrogens is 576 g/mol. The number of fused-ring (bicyclic) bond motifs is 1. The van der Waals surface area contributed by atoms with Crippen LogP contribution >= 0.6 is 0 Å². The Morgan fingerprint density at radius 3 is 2.27 bits per heavy atom. The quantitative estimate of drug-likeness (QED) is 0.202. The average molecular weight is 621 g/mol. The molecule has 0 radical (unpaired) electrons. The third kappa shape index (κ3) is 10.3. The third-order valence-corrected chi connectivity index (χ3v) is 7.65. The van der Waals surface area contributed by atoms with Crippen LogP contribution in [0.2, 0.25) is 0 Å². The van der Waals surface area contributed by atoms with Gasteiger partial charge in [0.1, 0.15) is 18.7 Å². The molecule has 13 nitrogen and oxygen atoms in total. The molecule has 0 saturated carbocycles. The van der Waals surface area contributed by atoms with Crippen molar-refractivity contribution in [2.24, 2.45) is 0 Å². The van der Waals surface area contributed by atoms with Gasteiger partial charge in [-0.25, -0.2) is 4.98 Å². The maximum absolute atomic E-state index is 12.8. The van der Waals surface area contributed by atoms with Gasteiger partial charge in [0.25, 0.3) is 5.56 Å². The molecule has 3 aromatic rings. The lowest BCUT2D eigenvalue weighted by Gasteiger charge is -2.34. The van der Waals surface area contributed by atoms with Gasteiger partial charge in [-0.3, -0.25) is 19.1 Å². The van der Waals surface area contributed by atoms with E-state index < -0.39 is 0 Å². The lowest BCUT2D eigenvalue weighted by molar-refractivity contribution is -0.127. The Labute approximate surface area is 264 Å². The molecule has 5 rings (SSSR count). The van der Waals surface area contributed by atoms with Crippen LogP contribution in [-0.4, -0.2) is 128 Å². The first-order valence-electron chi connectivity index (χ1n) is 14.9. The van der Waals surface area contributed by atoms with Gasteiger partial charge in [0.15, 0.2) is 0 Å². The number of methoxy groups -OCH3 is 1. The predicted molar refractivity (Wildman–Crippen MR) is 176 cm³/mol. The summed E-state index contributed by atoms with van der Waals surface area (Å²) in [5.74, 6) is 0.423. The van der Waals surface area contributed by atoms with Crippen molar-refractivity contribution in [1.29, 1.82) is 0 Å². The van der Waals surface area contributed by atoms with Crippen molar-refractivity contribution in [3.63, 3.8) is 0 Å². The Morgan fingerprint density at radius 2 is 1.67 bits per heavy atom. The smallest absolute Gasteiger partial charge is 0.252 e. The van der Waals surface area contributed by atoms with Crippen molar-refractivity contribution in [2.75, 3.05) is 89.9 Å². The fraction of sp³-hybridized carbons (Fsp3) is 0.438. The Morgan fingerprint density at radius 1 is 0.978 bits per heavy atom. The zero-order valence-electron chi connectivity index (χ0n) is 26.3. The van der Waals surface area contributed by atoms with Gasteiger partial charge in [0, 0.05) is 108 Å². The minimum absolute atomic E-state index is 0.0318. The van der Waals surface area contributed by atoms with Crippen molar-refractivity contribution in [3.8, 4) is 0 Å². The van der Waals surface area contributed by atoms with E-state index in [0.717, 1.165) is 56.6 Å². The predicted octanol–water partition coefficient (Wildman–Crippen LogP) is 1.65. The first-order valence-corrected chi connectivity index (χ1v) is 14.9. The van der Waals surface area contributed by atoms with E-state index in [0.29, 0.717) is 50.8 Å². The van der Waals surface area contributed by atoms with Crippen LogP contribution in [0.15, 0.2) is 60.0 Å². The fourth-order valence-electron chi connectivity index (χ4n) is 5.03. The number of carbonyl (C=O) groups excluding carboxylic acids is 3. The van der Waals surface area contributed by atoms with Gasteiger partial charge in [-0.05, 0) is 43.5 Å². The van der Waals surface area contributed by atoms with Crippen LogP contribution in [0.3, 0.4) is 0 Å². The number of anilines is 3. The average Bonchev–Trinajstić information content (AvgIpc) is 3.08. The first kappa shape index (κ1) is 35.0. The summed E-state index contributed by atoms with van der Waals surface area (Å²) in [7, 11) is 3.73.